The molecule has 0 aliphatic heterocycles. The molecule has 1 amide bonds. The van der Waals surface area contributed by atoms with Crippen molar-refractivity contribution in [2.75, 3.05) is 5.32 Å². The maximum Gasteiger partial charge on any atom is 0.326 e. The minimum atomic E-state index is -0.273. The number of rotatable bonds is 4. The Kier molecular flexibility index (Phi) is 3.68. The van der Waals surface area contributed by atoms with Crippen molar-refractivity contribution < 1.29 is 4.79 Å². The van der Waals surface area contributed by atoms with Gasteiger partial charge in [-0.1, -0.05) is 30.3 Å². The summed E-state index contributed by atoms with van der Waals surface area (Å²) in [7, 11) is 0. The molecule has 5 rings (SSSR count). The molecule has 7 heteroatoms. The van der Waals surface area contributed by atoms with Gasteiger partial charge in [-0.2, -0.15) is 5.10 Å². The summed E-state index contributed by atoms with van der Waals surface area (Å²) >= 11 is 0. The molecule has 0 spiro atoms. The molecule has 1 fully saturated rings. The van der Waals surface area contributed by atoms with E-state index in [2.05, 4.69) is 20.5 Å². The fourth-order valence-corrected chi connectivity index (χ4v) is 3.62. The first-order chi connectivity index (χ1) is 13.6. The monoisotopic (exact) mass is 373 g/mol. The first kappa shape index (κ1) is 16.6. The van der Waals surface area contributed by atoms with Crippen molar-refractivity contribution in [2.45, 2.75) is 25.8 Å². The topological polar surface area (TPSA) is 95.6 Å². The van der Waals surface area contributed by atoms with E-state index < -0.39 is 0 Å². The second-order valence-electron chi connectivity index (χ2n) is 7.16. The van der Waals surface area contributed by atoms with E-state index in [1.807, 2.05) is 43.3 Å². The maximum absolute atomic E-state index is 12.8. The summed E-state index contributed by atoms with van der Waals surface area (Å²) in [6.45, 7) is 1.92. The summed E-state index contributed by atoms with van der Waals surface area (Å²) in [5, 5.41) is 10.1. The first-order valence-electron chi connectivity index (χ1n) is 9.28. The van der Waals surface area contributed by atoms with Crippen LogP contribution in [0.5, 0.6) is 0 Å². The number of amides is 1. The Morgan fingerprint density at radius 1 is 1.18 bits per heavy atom. The lowest BCUT2D eigenvalue weighted by molar-refractivity contribution is 0.102. The van der Waals surface area contributed by atoms with Crippen molar-refractivity contribution in [3.8, 4) is 11.1 Å². The second kappa shape index (κ2) is 6.23. The molecule has 4 aromatic rings. The number of imidazole rings is 1. The molecule has 0 atom stereocenters. The van der Waals surface area contributed by atoms with Gasteiger partial charge in [-0.3, -0.25) is 14.5 Å². The Bertz CT molecular complexity index is 1250. The van der Waals surface area contributed by atoms with Crippen LogP contribution >= 0.6 is 0 Å². The van der Waals surface area contributed by atoms with Gasteiger partial charge in [0.2, 0.25) is 0 Å². The van der Waals surface area contributed by atoms with Crippen LogP contribution in [0.2, 0.25) is 0 Å². The van der Waals surface area contributed by atoms with E-state index in [1.54, 1.807) is 16.7 Å². The summed E-state index contributed by atoms with van der Waals surface area (Å²) in [4.78, 5) is 27.9. The molecule has 2 heterocycles. The zero-order valence-corrected chi connectivity index (χ0v) is 15.3. The molecular weight excluding hydrogens is 354 g/mol. The maximum atomic E-state index is 12.8. The Morgan fingerprint density at radius 2 is 1.96 bits per heavy atom. The van der Waals surface area contributed by atoms with E-state index in [4.69, 9.17) is 0 Å². The molecular formula is C21H19N5O2. The highest BCUT2D eigenvalue weighted by Crippen LogP contribution is 2.36. The third-order valence-corrected chi connectivity index (χ3v) is 5.13. The van der Waals surface area contributed by atoms with Crippen LogP contribution in [0.4, 0.5) is 5.82 Å². The number of aromatic amines is 2. The van der Waals surface area contributed by atoms with Gasteiger partial charge < -0.3 is 10.3 Å². The van der Waals surface area contributed by atoms with Gasteiger partial charge in [-0.05, 0) is 43.5 Å². The zero-order valence-electron chi connectivity index (χ0n) is 15.3. The molecule has 0 saturated heterocycles. The number of nitrogens with one attached hydrogen (secondary N) is 3. The fourth-order valence-electron chi connectivity index (χ4n) is 3.62. The third kappa shape index (κ3) is 2.72. The number of anilines is 1. The number of hydrogen-bond donors (Lipinski definition) is 3. The van der Waals surface area contributed by atoms with E-state index in [0.717, 1.165) is 35.2 Å². The average molecular weight is 373 g/mol. The largest absolute Gasteiger partial charge is 0.326 e. The third-order valence-electron chi connectivity index (χ3n) is 5.13. The SMILES string of the molecule is Cc1[nH]nc(NC(=O)c2ccc3c(c2)[nH]c(=O)n3C2CC2)c1-c1ccccc1. The average Bonchev–Trinajstić information content (AvgIpc) is 3.38. The van der Waals surface area contributed by atoms with Crippen molar-refractivity contribution in [3.63, 3.8) is 0 Å². The van der Waals surface area contributed by atoms with Gasteiger partial charge >= 0.3 is 5.69 Å². The number of hydrogen-bond acceptors (Lipinski definition) is 3. The molecule has 1 saturated carbocycles. The summed E-state index contributed by atoms with van der Waals surface area (Å²) in [5.74, 6) is 0.212. The number of fused-ring (bicyclic) bond motifs is 1. The van der Waals surface area contributed by atoms with E-state index in [-0.39, 0.29) is 17.6 Å². The van der Waals surface area contributed by atoms with Crippen LogP contribution in [-0.2, 0) is 0 Å². The van der Waals surface area contributed by atoms with E-state index >= 15 is 0 Å². The minimum Gasteiger partial charge on any atom is -0.306 e. The lowest BCUT2D eigenvalue weighted by Gasteiger charge is -2.07. The molecule has 140 valence electrons. The van der Waals surface area contributed by atoms with Crippen molar-refractivity contribution in [2.24, 2.45) is 0 Å². The van der Waals surface area contributed by atoms with Gasteiger partial charge in [0, 0.05) is 22.9 Å². The van der Waals surface area contributed by atoms with Crippen LogP contribution in [0.25, 0.3) is 22.2 Å². The summed E-state index contributed by atoms with van der Waals surface area (Å²) in [6.07, 6.45) is 2.05. The van der Waals surface area contributed by atoms with Gasteiger partial charge in [0.25, 0.3) is 5.91 Å². The van der Waals surface area contributed by atoms with Crippen molar-refractivity contribution >= 4 is 22.8 Å². The molecule has 2 aromatic carbocycles. The van der Waals surface area contributed by atoms with Gasteiger partial charge in [0.15, 0.2) is 5.82 Å². The molecule has 0 bridgehead atoms. The predicted octanol–water partition coefficient (Wildman–Crippen LogP) is 3.62. The van der Waals surface area contributed by atoms with Crippen molar-refractivity contribution in [3.05, 3.63) is 70.3 Å². The van der Waals surface area contributed by atoms with Crippen LogP contribution in [0.15, 0.2) is 53.3 Å². The van der Waals surface area contributed by atoms with Gasteiger partial charge in [-0.25, -0.2) is 4.79 Å². The first-order valence-corrected chi connectivity index (χ1v) is 9.28. The quantitative estimate of drug-likeness (QED) is 0.510. The Morgan fingerprint density at radius 3 is 2.71 bits per heavy atom. The highest BCUT2D eigenvalue weighted by Gasteiger charge is 2.27. The summed E-state index contributed by atoms with van der Waals surface area (Å²) in [5.41, 5.74) is 4.58. The number of aromatic nitrogens is 4. The number of carbonyl (C=O) groups excluding carboxylic acids is 1. The normalized spacial score (nSPS) is 13.8. The fraction of sp³-hybridized carbons (Fsp3) is 0.190. The summed E-state index contributed by atoms with van der Waals surface area (Å²) < 4.78 is 1.78. The Hall–Kier alpha value is -3.61. The van der Waals surface area contributed by atoms with E-state index in [0.29, 0.717) is 16.9 Å². The smallest absolute Gasteiger partial charge is 0.306 e. The van der Waals surface area contributed by atoms with Crippen LogP contribution in [0.3, 0.4) is 0 Å². The molecule has 28 heavy (non-hydrogen) atoms. The molecule has 7 nitrogen and oxygen atoms in total. The molecule has 1 aliphatic rings. The van der Waals surface area contributed by atoms with Gasteiger partial charge in [0.1, 0.15) is 0 Å². The van der Waals surface area contributed by atoms with Gasteiger partial charge in [-0.15, -0.1) is 0 Å². The predicted molar refractivity (Wildman–Crippen MR) is 108 cm³/mol. The molecule has 0 radical (unpaired) electrons. The molecule has 2 aromatic heterocycles. The Balaban J connectivity index is 1.47. The van der Waals surface area contributed by atoms with Gasteiger partial charge in [0.05, 0.1) is 11.0 Å². The lowest BCUT2D eigenvalue weighted by atomic mass is 10.1. The number of aryl methyl sites for hydroxylation is 1. The van der Waals surface area contributed by atoms with Crippen molar-refractivity contribution in [1.29, 1.82) is 0 Å². The highest BCUT2D eigenvalue weighted by molar-refractivity contribution is 6.07. The standard InChI is InChI=1S/C21H19N5O2/c1-12-18(13-5-3-2-4-6-13)19(25-24-12)23-20(27)14-7-10-17-16(11-14)22-21(28)26(17)15-8-9-15/h2-7,10-11,15H,8-9H2,1H3,(H,22,28)(H2,23,24,25,27). The van der Waals surface area contributed by atoms with Crippen molar-refractivity contribution in [1.82, 2.24) is 19.7 Å². The summed E-state index contributed by atoms with van der Waals surface area (Å²) in [6, 6.07) is 15.4. The number of benzene rings is 2. The second-order valence-corrected chi connectivity index (χ2v) is 7.16. The zero-order chi connectivity index (χ0) is 19.3. The highest BCUT2D eigenvalue weighted by atomic mass is 16.2. The van der Waals surface area contributed by atoms with E-state index in [1.165, 1.54) is 0 Å². The van der Waals surface area contributed by atoms with Crippen LogP contribution in [0, 0.1) is 6.92 Å². The van der Waals surface area contributed by atoms with E-state index in [9.17, 15) is 9.59 Å². The van der Waals surface area contributed by atoms with Crippen LogP contribution < -0.4 is 11.0 Å². The van der Waals surface area contributed by atoms with Crippen LogP contribution in [-0.4, -0.2) is 25.7 Å². The molecule has 1 aliphatic carbocycles. The molecule has 3 N–H and O–H groups in total. The molecule has 0 unspecified atom stereocenters. The number of H-pyrrole nitrogens is 2. The Labute approximate surface area is 160 Å². The minimum absolute atomic E-state index is 0.121. The lowest BCUT2D eigenvalue weighted by Crippen LogP contribution is -2.14. The number of nitrogens with zero attached hydrogens (tertiary/aromatic N) is 2. The van der Waals surface area contributed by atoms with Crippen LogP contribution in [0.1, 0.15) is 34.9 Å². The number of carbonyl (C=O) groups is 1.